The van der Waals surface area contributed by atoms with Crippen molar-refractivity contribution in [2.75, 3.05) is 55.7 Å². The number of ether oxygens (including phenoxy) is 1. The molecule has 5 N–H and O–H groups in total. The molecule has 8 rings (SSSR count). The van der Waals surface area contributed by atoms with Gasteiger partial charge in [0.05, 0.1) is 28.8 Å². The van der Waals surface area contributed by atoms with Gasteiger partial charge in [-0.25, -0.2) is 24.7 Å². The monoisotopic (exact) mass is 796 g/mol. The number of fused-ring (bicyclic) bond motifs is 2. The number of hydrogen-bond donors (Lipinski definition) is 4. The summed E-state index contributed by atoms with van der Waals surface area (Å²) < 4.78 is 5.24. The second kappa shape index (κ2) is 18.7. The minimum Gasteiger partial charge on any atom is -0.507 e. The number of hydrogen-bond acceptors (Lipinski definition) is 11. The Kier molecular flexibility index (Phi) is 13.1. The van der Waals surface area contributed by atoms with Crippen LogP contribution in [0.2, 0.25) is 0 Å². The zero-order valence-electron chi connectivity index (χ0n) is 34.6. The Labute approximate surface area is 346 Å². The lowest BCUT2D eigenvalue weighted by atomic mass is 9.97. The highest BCUT2D eigenvalue weighted by atomic mass is 16.5. The molecule has 1 amide bonds. The van der Waals surface area contributed by atoms with Crippen LogP contribution in [0.1, 0.15) is 50.7 Å². The van der Waals surface area contributed by atoms with Crippen LogP contribution in [0.4, 0.5) is 16.4 Å². The zero-order valence-corrected chi connectivity index (χ0v) is 34.6. The summed E-state index contributed by atoms with van der Waals surface area (Å²) in [5.41, 5.74) is 11.2. The van der Waals surface area contributed by atoms with E-state index in [0.717, 1.165) is 90.0 Å². The van der Waals surface area contributed by atoms with E-state index >= 15 is 0 Å². The Bertz CT molecular complexity index is 2400. The number of amides is 1. The number of nitrogens with two attached hydrogens (primary N) is 1. The number of carbonyl (C=O) groups is 1. The fraction of sp³-hybridized carbons (Fsp3) is 0.383. The van der Waals surface area contributed by atoms with Crippen LogP contribution in [0.15, 0.2) is 84.9 Å². The molecule has 4 heterocycles. The fourth-order valence-electron chi connectivity index (χ4n) is 7.89. The molecule has 2 saturated heterocycles. The molecular formula is C47H56N8O4. The molecule has 12 heteroatoms. The highest BCUT2D eigenvalue weighted by molar-refractivity contribution is 5.93. The van der Waals surface area contributed by atoms with Gasteiger partial charge >= 0.3 is 6.09 Å². The van der Waals surface area contributed by atoms with E-state index in [1.54, 1.807) is 24.3 Å². The van der Waals surface area contributed by atoms with E-state index in [2.05, 4.69) is 58.4 Å². The van der Waals surface area contributed by atoms with E-state index in [-0.39, 0.29) is 17.6 Å². The van der Waals surface area contributed by atoms with Gasteiger partial charge < -0.3 is 35.8 Å². The molecule has 2 fully saturated rings. The highest BCUT2D eigenvalue weighted by Gasteiger charge is 2.26. The first-order valence-electron chi connectivity index (χ1n) is 20.8. The number of anilines is 2. The van der Waals surface area contributed by atoms with E-state index in [1.165, 1.54) is 6.42 Å². The summed E-state index contributed by atoms with van der Waals surface area (Å²) in [5, 5.41) is 25.6. The maximum atomic E-state index is 12.0. The van der Waals surface area contributed by atoms with Gasteiger partial charge in [0.1, 0.15) is 23.1 Å². The van der Waals surface area contributed by atoms with Gasteiger partial charge in [-0.05, 0) is 123 Å². The van der Waals surface area contributed by atoms with E-state index in [9.17, 15) is 15.0 Å². The molecule has 59 heavy (non-hydrogen) atoms. The Morgan fingerprint density at radius 2 is 1.24 bits per heavy atom. The molecular weight excluding hydrogens is 741 g/mol. The lowest BCUT2D eigenvalue weighted by Gasteiger charge is -2.34. The summed E-state index contributed by atoms with van der Waals surface area (Å²) in [7, 11) is 0. The second-order valence-corrected chi connectivity index (χ2v) is 16.3. The Morgan fingerprint density at radius 1 is 0.746 bits per heavy atom. The standard InChI is InChI=1S/C26H32N4O3.C21H24N4O/c1-17(2)16-33-26(32)27-14-19-7-6-12-30(15-19)25-20-11-10-18(3)13-22(20)28-24(29-25)21-8-4-5-9-23(21)31;1-14-8-9-16-18(11-14)23-20(17-6-2-3-7-19(17)26)24-21(16)25-10-4-5-15(12-22)13-25/h4-5,8-11,13,17,19,31H,6-7,12,14-16H2,1-3H3,(H,27,32);2-3,6-9,11,15,26H,4-5,10,12-13,22H2,1H3/t19-;15-/m00/s1. The number of benzene rings is 4. The van der Waals surface area contributed by atoms with Crippen LogP contribution in [0, 0.1) is 31.6 Å². The molecule has 2 aromatic heterocycles. The number of phenols is 2. The molecule has 308 valence electrons. The van der Waals surface area contributed by atoms with Gasteiger partial charge in [0.15, 0.2) is 11.6 Å². The number of carbonyl (C=O) groups excluding carboxylic acids is 1. The number of aromatic nitrogens is 4. The highest BCUT2D eigenvalue weighted by Crippen LogP contribution is 2.35. The maximum absolute atomic E-state index is 12.0. The number of phenolic OH excluding ortho intramolecular Hbond substituents is 2. The van der Waals surface area contributed by atoms with Crippen molar-refractivity contribution >= 4 is 39.5 Å². The van der Waals surface area contributed by atoms with Crippen LogP contribution >= 0.6 is 0 Å². The number of aryl methyl sites for hydroxylation is 2. The molecule has 0 spiro atoms. The van der Waals surface area contributed by atoms with Gasteiger partial charge in [-0.2, -0.15) is 0 Å². The van der Waals surface area contributed by atoms with Crippen LogP contribution in [-0.4, -0.2) is 82.1 Å². The fourth-order valence-corrected chi connectivity index (χ4v) is 7.89. The predicted octanol–water partition coefficient (Wildman–Crippen LogP) is 8.40. The number of nitrogens with one attached hydrogen (secondary N) is 1. The van der Waals surface area contributed by atoms with Gasteiger partial charge in [-0.1, -0.05) is 50.2 Å². The van der Waals surface area contributed by atoms with Crippen molar-refractivity contribution in [1.29, 1.82) is 0 Å². The van der Waals surface area contributed by atoms with Crippen molar-refractivity contribution < 1.29 is 19.7 Å². The molecule has 0 saturated carbocycles. The smallest absolute Gasteiger partial charge is 0.407 e. The van der Waals surface area contributed by atoms with Crippen LogP contribution in [0.5, 0.6) is 11.5 Å². The van der Waals surface area contributed by atoms with Crippen LogP contribution in [-0.2, 0) is 4.74 Å². The Hall–Kier alpha value is -6.01. The lowest BCUT2D eigenvalue weighted by molar-refractivity contribution is 0.131. The third kappa shape index (κ3) is 10.00. The Balaban J connectivity index is 0.000000184. The van der Waals surface area contributed by atoms with Gasteiger partial charge in [-0.15, -0.1) is 0 Å². The molecule has 2 atom stereocenters. The van der Waals surface area contributed by atoms with Gasteiger partial charge in [0, 0.05) is 43.5 Å². The van der Waals surface area contributed by atoms with Gasteiger partial charge in [-0.3, -0.25) is 0 Å². The first-order valence-corrected chi connectivity index (χ1v) is 20.8. The molecule has 0 bridgehead atoms. The molecule has 0 radical (unpaired) electrons. The van der Waals surface area contributed by atoms with E-state index in [4.69, 9.17) is 30.4 Å². The lowest BCUT2D eigenvalue weighted by Crippen LogP contribution is -2.41. The minimum absolute atomic E-state index is 0.163. The number of aromatic hydroxyl groups is 2. The number of nitrogens with zero attached hydrogens (tertiary/aromatic N) is 6. The van der Waals surface area contributed by atoms with Crippen molar-refractivity contribution in [2.24, 2.45) is 23.5 Å². The number of piperidine rings is 2. The van der Waals surface area contributed by atoms with Crippen molar-refractivity contribution in [3.8, 4) is 34.3 Å². The summed E-state index contributed by atoms with van der Waals surface area (Å²) in [6.45, 7) is 13.4. The largest absolute Gasteiger partial charge is 0.507 e. The van der Waals surface area contributed by atoms with Crippen LogP contribution in [0.25, 0.3) is 44.6 Å². The predicted molar refractivity (Wildman–Crippen MR) is 236 cm³/mol. The summed E-state index contributed by atoms with van der Waals surface area (Å²) in [6.07, 6.45) is 3.98. The first kappa shape index (κ1) is 41.2. The minimum atomic E-state index is -0.356. The average molecular weight is 797 g/mol. The molecule has 2 aliphatic rings. The van der Waals surface area contributed by atoms with E-state index in [1.807, 2.05) is 45.0 Å². The summed E-state index contributed by atoms with van der Waals surface area (Å²) in [5.74, 6) is 4.34. The third-order valence-electron chi connectivity index (χ3n) is 11.0. The molecule has 0 aliphatic carbocycles. The molecule has 4 aromatic carbocycles. The van der Waals surface area contributed by atoms with Crippen molar-refractivity contribution in [3.63, 3.8) is 0 Å². The quantitative estimate of drug-likeness (QED) is 0.111. The second-order valence-electron chi connectivity index (χ2n) is 16.3. The third-order valence-corrected chi connectivity index (χ3v) is 11.0. The average Bonchev–Trinajstić information content (AvgIpc) is 3.24. The number of alkyl carbamates (subject to hydrolysis) is 1. The van der Waals surface area contributed by atoms with E-state index in [0.29, 0.717) is 60.2 Å². The summed E-state index contributed by atoms with van der Waals surface area (Å²) in [6, 6.07) is 26.8. The van der Waals surface area contributed by atoms with Crippen molar-refractivity contribution in [2.45, 2.75) is 53.4 Å². The SMILES string of the molecule is Cc1ccc2c(N3CCC[C@@H](CN)C3)nc(-c3ccccc3O)nc2c1.Cc1ccc2c(N3CCC[C@@H](CNC(=O)OCC(C)C)C3)nc(-c3ccccc3O)nc2c1. The molecule has 6 aromatic rings. The Morgan fingerprint density at radius 3 is 1.73 bits per heavy atom. The van der Waals surface area contributed by atoms with Crippen molar-refractivity contribution in [1.82, 2.24) is 25.3 Å². The summed E-state index contributed by atoms with van der Waals surface area (Å²) in [4.78, 5) is 35.9. The number of rotatable bonds is 9. The van der Waals surface area contributed by atoms with E-state index < -0.39 is 0 Å². The van der Waals surface area contributed by atoms with Crippen LogP contribution < -0.4 is 20.9 Å². The number of para-hydroxylation sites is 2. The van der Waals surface area contributed by atoms with Gasteiger partial charge in [0.25, 0.3) is 0 Å². The molecule has 2 aliphatic heterocycles. The normalized spacial score (nSPS) is 16.8. The zero-order chi connectivity index (χ0) is 41.5. The first-order chi connectivity index (χ1) is 28.6. The molecule has 0 unspecified atom stereocenters. The maximum Gasteiger partial charge on any atom is 0.407 e. The van der Waals surface area contributed by atoms with Gasteiger partial charge in [0.2, 0.25) is 0 Å². The molecule has 12 nitrogen and oxygen atoms in total. The summed E-state index contributed by atoms with van der Waals surface area (Å²) >= 11 is 0. The van der Waals surface area contributed by atoms with Crippen LogP contribution in [0.3, 0.4) is 0 Å². The van der Waals surface area contributed by atoms with Crippen molar-refractivity contribution in [3.05, 3.63) is 96.1 Å². The topological polar surface area (TPSA) is 163 Å².